The van der Waals surface area contributed by atoms with Gasteiger partial charge in [-0.05, 0) is 48.9 Å². The number of amides is 2. The third kappa shape index (κ3) is 4.03. The molecule has 0 radical (unpaired) electrons. The molecule has 7 heteroatoms. The Morgan fingerprint density at radius 1 is 1.04 bits per heavy atom. The van der Waals surface area contributed by atoms with E-state index in [2.05, 4.69) is 10.6 Å². The number of furan rings is 1. The molecule has 0 saturated heterocycles. The van der Waals surface area contributed by atoms with Gasteiger partial charge in [0.05, 0.1) is 0 Å². The molecule has 2 N–H and O–H groups in total. The first-order valence-electron chi connectivity index (χ1n) is 7.95. The molecule has 0 saturated carbocycles. The molecule has 26 heavy (non-hydrogen) atoms. The minimum absolute atomic E-state index is 0.161. The number of aryl methyl sites for hydroxylation is 1. The maximum atomic E-state index is 13.5. The van der Waals surface area contributed by atoms with Crippen LogP contribution in [0.15, 0.2) is 46.9 Å². The molecule has 1 heterocycles. The van der Waals surface area contributed by atoms with Gasteiger partial charge in [0.2, 0.25) is 0 Å². The monoisotopic (exact) mass is 374 g/mol. The molecular weight excluding hydrogens is 359 g/mol. The van der Waals surface area contributed by atoms with E-state index in [0.29, 0.717) is 16.2 Å². The molecule has 3 aromatic rings. The fourth-order valence-corrected chi connectivity index (χ4v) is 2.58. The summed E-state index contributed by atoms with van der Waals surface area (Å²) in [6, 6.07) is 10.9. The minimum atomic E-state index is -0.434. The van der Waals surface area contributed by atoms with E-state index in [1.165, 1.54) is 6.07 Å². The average molecular weight is 375 g/mol. The van der Waals surface area contributed by atoms with E-state index in [-0.39, 0.29) is 24.4 Å². The summed E-state index contributed by atoms with van der Waals surface area (Å²) < 4.78 is 18.9. The smallest absolute Gasteiger partial charge is 0.287 e. The van der Waals surface area contributed by atoms with Crippen molar-refractivity contribution in [3.63, 3.8) is 0 Å². The first-order valence-corrected chi connectivity index (χ1v) is 8.33. The summed E-state index contributed by atoms with van der Waals surface area (Å²) >= 11 is 5.90. The predicted molar refractivity (Wildman–Crippen MR) is 97.0 cm³/mol. The lowest BCUT2D eigenvalue weighted by atomic mass is 10.1. The maximum Gasteiger partial charge on any atom is 0.287 e. The molecule has 0 unspecified atom stereocenters. The van der Waals surface area contributed by atoms with E-state index < -0.39 is 17.6 Å². The number of carbonyl (C=O) groups excluding carboxylic acids is 2. The van der Waals surface area contributed by atoms with Crippen molar-refractivity contribution in [1.29, 1.82) is 0 Å². The van der Waals surface area contributed by atoms with Crippen molar-refractivity contribution >= 4 is 34.4 Å². The highest BCUT2D eigenvalue weighted by molar-refractivity contribution is 6.31. The number of rotatable bonds is 5. The van der Waals surface area contributed by atoms with Gasteiger partial charge in [-0.15, -0.1) is 0 Å². The van der Waals surface area contributed by atoms with Crippen LogP contribution in [0.3, 0.4) is 0 Å². The highest BCUT2D eigenvalue weighted by atomic mass is 35.5. The minimum Gasteiger partial charge on any atom is -0.451 e. The largest absolute Gasteiger partial charge is 0.451 e. The van der Waals surface area contributed by atoms with Crippen molar-refractivity contribution in [3.05, 3.63) is 70.2 Å². The van der Waals surface area contributed by atoms with Crippen LogP contribution in [-0.4, -0.2) is 24.9 Å². The summed E-state index contributed by atoms with van der Waals surface area (Å²) in [5, 5.41) is 6.56. The van der Waals surface area contributed by atoms with Gasteiger partial charge in [-0.3, -0.25) is 9.59 Å². The topological polar surface area (TPSA) is 71.3 Å². The van der Waals surface area contributed by atoms with E-state index in [1.54, 1.807) is 43.3 Å². The van der Waals surface area contributed by atoms with E-state index in [9.17, 15) is 14.0 Å². The molecule has 0 aliphatic carbocycles. The lowest BCUT2D eigenvalue weighted by molar-refractivity contribution is 0.0912. The standard InChI is InChI=1S/C19H16ClFN2O3/c1-11-2-3-12(9-15(11)21)18(24)22-6-7-23-19(25)17-10-13-8-14(20)4-5-16(13)26-17/h2-5,8-10H,6-7H2,1H3,(H,22,24)(H,23,25). The van der Waals surface area contributed by atoms with Gasteiger partial charge in [0.1, 0.15) is 11.4 Å². The molecule has 0 bridgehead atoms. The summed E-state index contributed by atoms with van der Waals surface area (Å²) in [4.78, 5) is 24.0. The molecule has 1 aromatic heterocycles. The van der Waals surface area contributed by atoms with Gasteiger partial charge in [0, 0.05) is 29.1 Å². The first kappa shape index (κ1) is 17.9. The Hall–Kier alpha value is -2.86. The number of carbonyl (C=O) groups is 2. The van der Waals surface area contributed by atoms with E-state index in [1.807, 2.05) is 0 Å². The van der Waals surface area contributed by atoms with Gasteiger partial charge in [-0.1, -0.05) is 17.7 Å². The fraction of sp³-hybridized carbons (Fsp3) is 0.158. The Balaban J connectivity index is 1.51. The van der Waals surface area contributed by atoms with Crippen LogP contribution in [0, 0.1) is 12.7 Å². The van der Waals surface area contributed by atoms with Crippen LogP contribution >= 0.6 is 11.6 Å². The molecular formula is C19H16ClFN2O3. The van der Waals surface area contributed by atoms with Crippen LogP contribution in [0.2, 0.25) is 5.02 Å². The van der Waals surface area contributed by atoms with E-state index in [0.717, 1.165) is 5.39 Å². The number of halogens is 2. The summed E-state index contributed by atoms with van der Waals surface area (Å²) in [5.41, 5.74) is 1.27. The van der Waals surface area contributed by atoms with Gasteiger partial charge < -0.3 is 15.1 Å². The molecule has 3 rings (SSSR count). The van der Waals surface area contributed by atoms with Crippen molar-refractivity contribution < 1.29 is 18.4 Å². The van der Waals surface area contributed by atoms with Crippen molar-refractivity contribution in [2.75, 3.05) is 13.1 Å². The van der Waals surface area contributed by atoms with Gasteiger partial charge in [-0.2, -0.15) is 0 Å². The molecule has 0 atom stereocenters. The third-order valence-electron chi connectivity index (χ3n) is 3.83. The number of fused-ring (bicyclic) bond motifs is 1. The average Bonchev–Trinajstić information content (AvgIpc) is 3.03. The Morgan fingerprint density at radius 2 is 1.77 bits per heavy atom. The van der Waals surface area contributed by atoms with Crippen molar-refractivity contribution in [2.45, 2.75) is 6.92 Å². The van der Waals surface area contributed by atoms with Crippen LogP contribution in [0.4, 0.5) is 4.39 Å². The van der Waals surface area contributed by atoms with Gasteiger partial charge in [0.15, 0.2) is 5.76 Å². The molecule has 0 spiro atoms. The fourth-order valence-electron chi connectivity index (χ4n) is 2.40. The molecule has 0 aliphatic rings. The summed E-state index contributed by atoms with van der Waals surface area (Å²) in [5.74, 6) is -1.07. The number of benzene rings is 2. The van der Waals surface area contributed by atoms with Gasteiger partial charge in [-0.25, -0.2) is 4.39 Å². The van der Waals surface area contributed by atoms with Gasteiger partial charge in [0.25, 0.3) is 11.8 Å². The Kier molecular flexibility index (Phi) is 5.23. The zero-order chi connectivity index (χ0) is 18.7. The lowest BCUT2D eigenvalue weighted by Crippen LogP contribution is -2.34. The number of hydrogen-bond donors (Lipinski definition) is 2. The summed E-state index contributed by atoms with van der Waals surface area (Å²) in [7, 11) is 0. The van der Waals surface area contributed by atoms with Crippen LogP contribution in [0.25, 0.3) is 11.0 Å². The molecule has 2 amide bonds. The summed E-state index contributed by atoms with van der Waals surface area (Å²) in [6.07, 6.45) is 0. The van der Waals surface area contributed by atoms with Crippen molar-refractivity contribution in [1.82, 2.24) is 10.6 Å². The van der Waals surface area contributed by atoms with Crippen LogP contribution in [0.5, 0.6) is 0 Å². The Bertz CT molecular complexity index is 984. The van der Waals surface area contributed by atoms with Crippen molar-refractivity contribution in [3.8, 4) is 0 Å². The van der Waals surface area contributed by atoms with Crippen LogP contribution in [0.1, 0.15) is 26.5 Å². The summed E-state index contributed by atoms with van der Waals surface area (Å²) in [6.45, 7) is 2.03. The second kappa shape index (κ2) is 7.58. The second-order valence-corrected chi connectivity index (χ2v) is 6.20. The zero-order valence-electron chi connectivity index (χ0n) is 13.9. The SMILES string of the molecule is Cc1ccc(C(=O)NCCNC(=O)c2cc3cc(Cl)ccc3o2)cc1F. The normalized spacial score (nSPS) is 10.7. The van der Waals surface area contributed by atoms with E-state index in [4.69, 9.17) is 16.0 Å². The zero-order valence-corrected chi connectivity index (χ0v) is 14.7. The number of nitrogens with one attached hydrogen (secondary N) is 2. The number of hydrogen-bond acceptors (Lipinski definition) is 3. The first-order chi connectivity index (χ1) is 12.4. The highest BCUT2D eigenvalue weighted by Gasteiger charge is 2.12. The van der Waals surface area contributed by atoms with E-state index >= 15 is 0 Å². The van der Waals surface area contributed by atoms with Crippen molar-refractivity contribution in [2.24, 2.45) is 0 Å². The second-order valence-electron chi connectivity index (χ2n) is 5.77. The Morgan fingerprint density at radius 3 is 2.50 bits per heavy atom. The highest BCUT2D eigenvalue weighted by Crippen LogP contribution is 2.22. The molecule has 134 valence electrons. The predicted octanol–water partition coefficient (Wildman–Crippen LogP) is 3.69. The maximum absolute atomic E-state index is 13.5. The lowest BCUT2D eigenvalue weighted by Gasteiger charge is -2.07. The van der Waals surface area contributed by atoms with Crippen LogP contribution in [-0.2, 0) is 0 Å². The molecule has 0 aliphatic heterocycles. The molecule has 2 aromatic carbocycles. The third-order valence-corrected chi connectivity index (χ3v) is 4.07. The molecule has 0 fully saturated rings. The van der Waals surface area contributed by atoms with Gasteiger partial charge >= 0.3 is 0 Å². The Labute approximate surface area is 154 Å². The van der Waals surface area contributed by atoms with Crippen LogP contribution < -0.4 is 10.6 Å². The molecule has 5 nitrogen and oxygen atoms in total. The quantitative estimate of drug-likeness (QED) is 0.669.